The van der Waals surface area contributed by atoms with E-state index in [1.54, 1.807) is 0 Å². The fraction of sp³-hybridized carbons (Fsp3) is 0.409. The zero-order valence-corrected chi connectivity index (χ0v) is 15.2. The lowest BCUT2D eigenvalue weighted by atomic mass is 9.89. The van der Waals surface area contributed by atoms with Gasteiger partial charge in [0.1, 0.15) is 0 Å². The fourth-order valence-corrected chi connectivity index (χ4v) is 3.59. The molecule has 0 fully saturated rings. The summed E-state index contributed by atoms with van der Waals surface area (Å²) in [6, 6.07) is 10.8. The summed E-state index contributed by atoms with van der Waals surface area (Å²) < 4.78 is 0. The van der Waals surface area contributed by atoms with Crippen LogP contribution in [0, 0.1) is 20.8 Å². The molecule has 3 rings (SSSR count). The summed E-state index contributed by atoms with van der Waals surface area (Å²) in [5.74, 6) is 0.0146. The van der Waals surface area contributed by atoms with E-state index in [9.17, 15) is 4.79 Å². The zero-order chi connectivity index (χ0) is 17.3. The monoisotopic (exact) mass is 321 g/mol. The summed E-state index contributed by atoms with van der Waals surface area (Å²) in [5, 5.41) is 3.17. The Bertz CT molecular complexity index is 776. The topological polar surface area (TPSA) is 29.1 Å². The first-order valence-electron chi connectivity index (χ1n) is 8.96. The van der Waals surface area contributed by atoms with Gasteiger partial charge in [-0.15, -0.1) is 0 Å². The quantitative estimate of drug-likeness (QED) is 0.848. The van der Waals surface area contributed by atoms with E-state index < -0.39 is 0 Å². The first kappa shape index (κ1) is 16.8. The highest BCUT2D eigenvalue weighted by atomic mass is 16.1. The van der Waals surface area contributed by atoms with Crippen molar-refractivity contribution in [2.75, 3.05) is 0 Å². The third-order valence-electron chi connectivity index (χ3n) is 5.31. The number of benzene rings is 2. The number of rotatable bonds is 3. The summed E-state index contributed by atoms with van der Waals surface area (Å²) in [6.07, 6.45) is 4.93. The Labute approximate surface area is 145 Å². The third kappa shape index (κ3) is 3.38. The molecule has 0 aliphatic heterocycles. The first-order chi connectivity index (χ1) is 11.5. The highest BCUT2D eigenvalue weighted by molar-refractivity contribution is 5.96. The van der Waals surface area contributed by atoms with Crippen molar-refractivity contribution in [3.8, 4) is 0 Å². The molecule has 2 nitrogen and oxygen atoms in total. The van der Waals surface area contributed by atoms with Gasteiger partial charge in [0, 0.05) is 5.56 Å². The summed E-state index contributed by atoms with van der Waals surface area (Å²) in [4.78, 5) is 12.7. The lowest BCUT2D eigenvalue weighted by Crippen LogP contribution is -2.27. The number of aryl methyl sites for hydroxylation is 5. The molecule has 1 aliphatic rings. The van der Waals surface area contributed by atoms with Crippen LogP contribution in [0.5, 0.6) is 0 Å². The molecule has 0 aromatic heterocycles. The lowest BCUT2D eigenvalue weighted by molar-refractivity contribution is 0.0939. The van der Waals surface area contributed by atoms with E-state index in [2.05, 4.69) is 50.4 Å². The van der Waals surface area contributed by atoms with E-state index in [0.717, 1.165) is 16.7 Å². The molecule has 0 spiro atoms. The van der Waals surface area contributed by atoms with Crippen LogP contribution >= 0.6 is 0 Å². The summed E-state index contributed by atoms with van der Waals surface area (Å²) in [6.45, 7) is 8.21. The van der Waals surface area contributed by atoms with Crippen molar-refractivity contribution >= 4 is 5.91 Å². The smallest absolute Gasteiger partial charge is 0.252 e. The van der Waals surface area contributed by atoms with Crippen LogP contribution in [-0.2, 0) is 12.8 Å². The minimum absolute atomic E-state index is 0.0146. The maximum Gasteiger partial charge on any atom is 0.252 e. The molecule has 2 aromatic carbocycles. The Hall–Kier alpha value is -2.09. The molecule has 1 aliphatic carbocycles. The van der Waals surface area contributed by atoms with Crippen molar-refractivity contribution in [2.45, 2.75) is 59.4 Å². The van der Waals surface area contributed by atoms with Crippen LogP contribution in [0.4, 0.5) is 0 Å². The highest BCUT2D eigenvalue weighted by Gasteiger charge is 2.16. The SMILES string of the molecule is Cc1cc(C)c(C(=O)N[C@@H](C)c2ccc3c(c2)CCCC3)cc1C. The average Bonchev–Trinajstić information content (AvgIpc) is 2.57. The molecular formula is C22H27NO. The third-order valence-corrected chi connectivity index (χ3v) is 5.31. The van der Waals surface area contributed by atoms with E-state index in [1.807, 2.05) is 13.0 Å². The Kier molecular flexibility index (Phi) is 4.75. The molecule has 2 aromatic rings. The maximum atomic E-state index is 12.7. The van der Waals surface area contributed by atoms with Gasteiger partial charge >= 0.3 is 0 Å². The van der Waals surface area contributed by atoms with Crippen LogP contribution < -0.4 is 5.32 Å². The van der Waals surface area contributed by atoms with E-state index >= 15 is 0 Å². The Morgan fingerprint density at radius 3 is 2.33 bits per heavy atom. The van der Waals surface area contributed by atoms with Crippen molar-refractivity contribution in [2.24, 2.45) is 0 Å². The first-order valence-corrected chi connectivity index (χ1v) is 8.96. The van der Waals surface area contributed by atoms with E-state index in [-0.39, 0.29) is 11.9 Å². The van der Waals surface area contributed by atoms with E-state index in [0.29, 0.717) is 0 Å². The second kappa shape index (κ2) is 6.80. The second-order valence-electron chi connectivity index (χ2n) is 7.18. The number of hydrogen-bond acceptors (Lipinski definition) is 1. The van der Waals surface area contributed by atoms with Gasteiger partial charge in [0.2, 0.25) is 0 Å². The van der Waals surface area contributed by atoms with Crippen molar-refractivity contribution in [1.29, 1.82) is 0 Å². The summed E-state index contributed by atoms with van der Waals surface area (Å²) in [5.41, 5.74) is 8.34. The number of carbonyl (C=O) groups is 1. The normalized spacial score (nSPS) is 14.8. The lowest BCUT2D eigenvalue weighted by Gasteiger charge is -2.20. The predicted octanol–water partition coefficient (Wildman–Crippen LogP) is 4.98. The Balaban J connectivity index is 1.78. The number of hydrogen-bond donors (Lipinski definition) is 1. The molecule has 126 valence electrons. The zero-order valence-electron chi connectivity index (χ0n) is 15.2. The van der Waals surface area contributed by atoms with Gasteiger partial charge < -0.3 is 5.32 Å². The average molecular weight is 321 g/mol. The highest BCUT2D eigenvalue weighted by Crippen LogP contribution is 2.25. The predicted molar refractivity (Wildman–Crippen MR) is 99.6 cm³/mol. The molecule has 1 N–H and O–H groups in total. The van der Waals surface area contributed by atoms with Gasteiger partial charge in [0.05, 0.1) is 6.04 Å². The molecule has 0 saturated carbocycles. The molecule has 0 bridgehead atoms. The van der Waals surface area contributed by atoms with Gasteiger partial charge in [-0.1, -0.05) is 24.3 Å². The molecule has 0 unspecified atom stereocenters. The number of nitrogens with one attached hydrogen (secondary N) is 1. The molecule has 1 amide bonds. The van der Waals surface area contributed by atoms with Gasteiger partial charge in [-0.25, -0.2) is 0 Å². The maximum absolute atomic E-state index is 12.7. The van der Waals surface area contributed by atoms with Crippen molar-refractivity contribution < 1.29 is 4.79 Å². The fourth-order valence-electron chi connectivity index (χ4n) is 3.59. The number of fused-ring (bicyclic) bond motifs is 1. The van der Waals surface area contributed by atoms with Crippen molar-refractivity contribution in [3.05, 3.63) is 69.3 Å². The van der Waals surface area contributed by atoms with E-state index in [4.69, 9.17) is 0 Å². The van der Waals surface area contributed by atoms with Crippen LogP contribution in [0.15, 0.2) is 30.3 Å². The van der Waals surface area contributed by atoms with Gasteiger partial charge in [-0.3, -0.25) is 4.79 Å². The molecule has 2 heteroatoms. The van der Waals surface area contributed by atoms with Gasteiger partial charge in [-0.05, 0) is 92.8 Å². The summed E-state index contributed by atoms with van der Waals surface area (Å²) >= 11 is 0. The molecule has 24 heavy (non-hydrogen) atoms. The Morgan fingerprint density at radius 2 is 1.58 bits per heavy atom. The van der Waals surface area contributed by atoms with Crippen LogP contribution in [0.25, 0.3) is 0 Å². The van der Waals surface area contributed by atoms with Gasteiger partial charge in [-0.2, -0.15) is 0 Å². The molecule has 0 heterocycles. The van der Waals surface area contributed by atoms with E-state index in [1.165, 1.54) is 47.9 Å². The van der Waals surface area contributed by atoms with Crippen LogP contribution in [-0.4, -0.2) is 5.91 Å². The van der Waals surface area contributed by atoms with Crippen LogP contribution in [0.1, 0.15) is 69.5 Å². The van der Waals surface area contributed by atoms with Crippen molar-refractivity contribution in [3.63, 3.8) is 0 Å². The Morgan fingerprint density at radius 1 is 0.917 bits per heavy atom. The standard InChI is InChI=1S/C22H27NO/c1-14-11-16(3)21(12-15(14)2)22(24)23-17(4)19-10-9-18-7-5-6-8-20(18)13-19/h9-13,17H,5-8H2,1-4H3,(H,23,24)/t17-/m0/s1. The van der Waals surface area contributed by atoms with Gasteiger partial charge in [0.15, 0.2) is 0 Å². The number of carbonyl (C=O) groups excluding carboxylic acids is 1. The molecule has 0 radical (unpaired) electrons. The van der Waals surface area contributed by atoms with Crippen LogP contribution in [0.3, 0.4) is 0 Å². The minimum atomic E-state index is 0.0146. The largest absolute Gasteiger partial charge is 0.346 e. The molecule has 0 saturated heterocycles. The van der Waals surface area contributed by atoms with Crippen molar-refractivity contribution in [1.82, 2.24) is 5.32 Å². The molecular weight excluding hydrogens is 294 g/mol. The number of amides is 1. The summed E-state index contributed by atoms with van der Waals surface area (Å²) in [7, 11) is 0. The van der Waals surface area contributed by atoms with Crippen LogP contribution in [0.2, 0.25) is 0 Å². The van der Waals surface area contributed by atoms with Gasteiger partial charge in [0.25, 0.3) is 5.91 Å². The molecule has 1 atom stereocenters. The minimum Gasteiger partial charge on any atom is -0.346 e. The second-order valence-corrected chi connectivity index (χ2v) is 7.18.